The molecule has 2 aromatic rings. The molecule has 142 valence electrons. The van der Waals surface area contributed by atoms with Crippen LogP contribution in [0.4, 0.5) is 5.69 Å². The van der Waals surface area contributed by atoms with Gasteiger partial charge in [-0.15, -0.1) is 24.0 Å². The Morgan fingerprint density at radius 3 is 2.54 bits per heavy atom. The Morgan fingerprint density at radius 1 is 1.00 bits per heavy atom. The Hall–Kier alpha value is -1.60. The Morgan fingerprint density at radius 2 is 1.77 bits per heavy atom. The lowest BCUT2D eigenvalue weighted by molar-refractivity contribution is 0.134. The van der Waals surface area contributed by atoms with E-state index in [0.717, 1.165) is 44.6 Å². The first-order valence-corrected chi connectivity index (χ1v) is 9.05. The molecule has 0 aliphatic carbocycles. The van der Waals surface area contributed by atoms with Crippen molar-refractivity contribution in [3.05, 3.63) is 65.7 Å². The van der Waals surface area contributed by atoms with Gasteiger partial charge in [-0.1, -0.05) is 49.4 Å². The number of rotatable bonds is 10. The molecule has 0 atom stereocenters. The standard InChI is InChI=1S/C21H29N3O.HI/c1-2-18-11-8-12-20(17-18)24-21(22)23-14-6-7-15-25-16-13-19-9-4-3-5-10-19;/h3-5,8-12,17H,2,6-7,13-16H2,1H3,(H3,22,23,24);1H. The van der Waals surface area contributed by atoms with Gasteiger partial charge >= 0.3 is 0 Å². The maximum atomic E-state index is 5.93. The van der Waals surface area contributed by atoms with E-state index < -0.39 is 0 Å². The summed E-state index contributed by atoms with van der Waals surface area (Å²) < 4.78 is 5.67. The normalized spacial score (nSPS) is 11.0. The molecule has 0 bridgehead atoms. The lowest BCUT2D eigenvalue weighted by Crippen LogP contribution is -2.22. The molecule has 0 saturated carbocycles. The first-order chi connectivity index (χ1) is 12.3. The van der Waals surface area contributed by atoms with Crippen molar-refractivity contribution in [2.45, 2.75) is 32.6 Å². The molecule has 0 radical (unpaired) electrons. The fourth-order valence-corrected chi connectivity index (χ4v) is 2.51. The van der Waals surface area contributed by atoms with E-state index in [-0.39, 0.29) is 24.0 Å². The second kappa shape index (κ2) is 13.6. The van der Waals surface area contributed by atoms with Crippen LogP contribution in [0.1, 0.15) is 30.9 Å². The molecule has 0 aromatic heterocycles. The lowest BCUT2D eigenvalue weighted by atomic mass is 10.1. The molecule has 0 aliphatic heterocycles. The molecule has 4 nitrogen and oxygen atoms in total. The summed E-state index contributed by atoms with van der Waals surface area (Å²) in [5.41, 5.74) is 9.52. The van der Waals surface area contributed by atoms with Gasteiger partial charge in [0, 0.05) is 18.8 Å². The summed E-state index contributed by atoms with van der Waals surface area (Å²) in [4.78, 5) is 4.37. The zero-order chi connectivity index (χ0) is 17.7. The number of nitrogens with one attached hydrogen (secondary N) is 1. The van der Waals surface area contributed by atoms with Crippen LogP contribution in [0, 0.1) is 0 Å². The summed E-state index contributed by atoms with van der Waals surface area (Å²) >= 11 is 0. The second-order valence-electron chi connectivity index (χ2n) is 6.00. The lowest BCUT2D eigenvalue weighted by Gasteiger charge is -2.07. The van der Waals surface area contributed by atoms with Crippen LogP contribution in [0.5, 0.6) is 0 Å². The highest BCUT2D eigenvalue weighted by Crippen LogP contribution is 2.10. The van der Waals surface area contributed by atoms with E-state index in [2.05, 4.69) is 53.6 Å². The molecular formula is C21H30IN3O. The zero-order valence-electron chi connectivity index (χ0n) is 15.5. The number of hydrogen-bond acceptors (Lipinski definition) is 2. The van der Waals surface area contributed by atoms with Crippen LogP contribution in [0.3, 0.4) is 0 Å². The van der Waals surface area contributed by atoms with Gasteiger partial charge < -0.3 is 15.8 Å². The summed E-state index contributed by atoms with van der Waals surface area (Å²) in [6.45, 7) is 4.39. The maximum absolute atomic E-state index is 5.93. The number of guanidine groups is 1. The largest absolute Gasteiger partial charge is 0.381 e. The van der Waals surface area contributed by atoms with Crippen molar-refractivity contribution in [2.24, 2.45) is 10.7 Å². The maximum Gasteiger partial charge on any atom is 0.193 e. The quantitative estimate of drug-likeness (QED) is 0.232. The van der Waals surface area contributed by atoms with Gasteiger partial charge in [0.05, 0.1) is 6.61 Å². The van der Waals surface area contributed by atoms with Crippen molar-refractivity contribution in [3.8, 4) is 0 Å². The van der Waals surface area contributed by atoms with E-state index in [4.69, 9.17) is 10.5 Å². The van der Waals surface area contributed by atoms with Crippen molar-refractivity contribution in [1.82, 2.24) is 0 Å². The topological polar surface area (TPSA) is 59.6 Å². The van der Waals surface area contributed by atoms with Crippen LogP contribution in [0.25, 0.3) is 0 Å². The number of benzene rings is 2. The molecular weight excluding hydrogens is 437 g/mol. The van der Waals surface area contributed by atoms with Crippen molar-refractivity contribution < 1.29 is 4.74 Å². The van der Waals surface area contributed by atoms with Gasteiger partial charge in [0.15, 0.2) is 5.96 Å². The van der Waals surface area contributed by atoms with E-state index in [9.17, 15) is 0 Å². The van der Waals surface area contributed by atoms with E-state index in [1.165, 1.54) is 11.1 Å². The zero-order valence-corrected chi connectivity index (χ0v) is 17.8. The minimum Gasteiger partial charge on any atom is -0.381 e. The van der Waals surface area contributed by atoms with Crippen LogP contribution in [-0.4, -0.2) is 25.7 Å². The molecule has 26 heavy (non-hydrogen) atoms. The van der Waals surface area contributed by atoms with Gasteiger partial charge in [0.1, 0.15) is 0 Å². The highest BCUT2D eigenvalue weighted by molar-refractivity contribution is 14.0. The molecule has 0 aliphatic rings. The van der Waals surface area contributed by atoms with Crippen molar-refractivity contribution in [3.63, 3.8) is 0 Å². The van der Waals surface area contributed by atoms with Crippen molar-refractivity contribution >= 4 is 35.6 Å². The number of unbranched alkanes of at least 4 members (excludes halogenated alkanes) is 1. The number of halogens is 1. The predicted molar refractivity (Wildman–Crippen MR) is 122 cm³/mol. The SMILES string of the molecule is CCc1cccc(NC(N)=NCCCCOCCc2ccccc2)c1.I. The summed E-state index contributed by atoms with van der Waals surface area (Å²) in [6.07, 6.45) is 3.95. The van der Waals surface area contributed by atoms with Crippen LogP contribution < -0.4 is 11.1 Å². The first kappa shape index (κ1) is 22.4. The number of aliphatic imine (C=N–C) groups is 1. The molecule has 0 unspecified atom stereocenters. The van der Waals surface area contributed by atoms with Crippen LogP contribution in [-0.2, 0) is 17.6 Å². The van der Waals surface area contributed by atoms with E-state index in [0.29, 0.717) is 12.5 Å². The number of nitrogens with zero attached hydrogens (tertiary/aromatic N) is 1. The average molecular weight is 467 g/mol. The van der Waals surface area contributed by atoms with Crippen molar-refractivity contribution in [1.29, 1.82) is 0 Å². The van der Waals surface area contributed by atoms with Gasteiger partial charge in [-0.25, -0.2) is 0 Å². The molecule has 0 amide bonds. The molecule has 0 saturated heterocycles. The number of anilines is 1. The van der Waals surface area contributed by atoms with Gasteiger partial charge in [0.2, 0.25) is 0 Å². The molecule has 0 heterocycles. The minimum absolute atomic E-state index is 0. The monoisotopic (exact) mass is 467 g/mol. The van der Waals surface area contributed by atoms with Crippen LogP contribution in [0.2, 0.25) is 0 Å². The molecule has 2 rings (SSSR count). The molecule has 5 heteroatoms. The van der Waals surface area contributed by atoms with E-state index in [1.807, 2.05) is 18.2 Å². The minimum atomic E-state index is 0. The summed E-state index contributed by atoms with van der Waals surface area (Å²) in [6, 6.07) is 18.7. The number of nitrogens with two attached hydrogens (primary N) is 1. The first-order valence-electron chi connectivity index (χ1n) is 9.05. The molecule has 0 fully saturated rings. The smallest absolute Gasteiger partial charge is 0.193 e. The van der Waals surface area contributed by atoms with Gasteiger partial charge in [-0.2, -0.15) is 0 Å². The Kier molecular flexibility index (Phi) is 11.7. The highest BCUT2D eigenvalue weighted by Gasteiger charge is 1.97. The predicted octanol–water partition coefficient (Wildman–Crippen LogP) is 4.63. The van der Waals surface area contributed by atoms with Gasteiger partial charge in [-0.3, -0.25) is 4.99 Å². The van der Waals surface area contributed by atoms with E-state index in [1.54, 1.807) is 0 Å². The number of hydrogen-bond donors (Lipinski definition) is 2. The van der Waals surface area contributed by atoms with Gasteiger partial charge in [-0.05, 0) is 48.9 Å². The molecule has 3 N–H and O–H groups in total. The van der Waals surface area contributed by atoms with Gasteiger partial charge in [0.25, 0.3) is 0 Å². The number of ether oxygens (including phenoxy) is 1. The van der Waals surface area contributed by atoms with E-state index >= 15 is 0 Å². The summed E-state index contributed by atoms with van der Waals surface area (Å²) in [7, 11) is 0. The third kappa shape index (κ3) is 9.20. The Labute approximate surface area is 174 Å². The fraction of sp³-hybridized carbons (Fsp3) is 0.381. The third-order valence-electron chi connectivity index (χ3n) is 3.96. The Balaban J connectivity index is 0.00000338. The molecule has 0 spiro atoms. The highest BCUT2D eigenvalue weighted by atomic mass is 127. The van der Waals surface area contributed by atoms with Crippen molar-refractivity contribution in [2.75, 3.05) is 25.1 Å². The Bertz CT molecular complexity index is 647. The summed E-state index contributed by atoms with van der Waals surface area (Å²) in [5, 5.41) is 3.14. The second-order valence-corrected chi connectivity index (χ2v) is 6.00. The average Bonchev–Trinajstić information content (AvgIpc) is 2.65. The summed E-state index contributed by atoms with van der Waals surface area (Å²) in [5.74, 6) is 0.471. The number of aryl methyl sites for hydroxylation is 1. The fourth-order valence-electron chi connectivity index (χ4n) is 2.51. The van der Waals surface area contributed by atoms with Crippen LogP contribution >= 0.6 is 24.0 Å². The van der Waals surface area contributed by atoms with Crippen LogP contribution in [0.15, 0.2) is 59.6 Å². The molecule has 2 aromatic carbocycles. The third-order valence-corrected chi connectivity index (χ3v) is 3.96.